The van der Waals surface area contributed by atoms with Crippen LogP contribution in [-0.4, -0.2) is 35.0 Å². The summed E-state index contributed by atoms with van der Waals surface area (Å²) in [5.41, 5.74) is 2.39. The first-order valence-corrected chi connectivity index (χ1v) is 10.1. The largest absolute Gasteiger partial charge is 0.372 e. The molecule has 1 aliphatic carbocycles. The maximum atomic E-state index is 13.0. The number of nitrogens with zero attached hydrogens (tertiary/aromatic N) is 2. The lowest BCUT2D eigenvalue weighted by molar-refractivity contribution is -0.132. The zero-order valence-corrected chi connectivity index (χ0v) is 15.8. The minimum Gasteiger partial charge on any atom is -0.372 e. The van der Waals surface area contributed by atoms with Crippen molar-refractivity contribution in [1.82, 2.24) is 9.88 Å². The molecule has 28 heavy (non-hydrogen) atoms. The molecule has 0 radical (unpaired) electrons. The number of likely N-dealkylation sites (tertiary alicyclic amines) is 1. The van der Waals surface area contributed by atoms with Gasteiger partial charge in [-0.15, -0.1) is 0 Å². The molecule has 3 aromatic rings. The van der Waals surface area contributed by atoms with Gasteiger partial charge < -0.3 is 9.64 Å². The van der Waals surface area contributed by atoms with E-state index in [-0.39, 0.29) is 12.0 Å². The summed E-state index contributed by atoms with van der Waals surface area (Å²) in [5, 5.41) is 2.53. The van der Waals surface area contributed by atoms with Gasteiger partial charge in [0.05, 0.1) is 12.7 Å². The highest BCUT2D eigenvalue weighted by Crippen LogP contribution is 2.50. The molecule has 0 N–H and O–H groups in total. The van der Waals surface area contributed by atoms with Gasteiger partial charge >= 0.3 is 0 Å². The van der Waals surface area contributed by atoms with E-state index < -0.39 is 0 Å². The quantitative estimate of drug-likeness (QED) is 0.675. The summed E-state index contributed by atoms with van der Waals surface area (Å²) in [4.78, 5) is 19.1. The van der Waals surface area contributed by atoms with Crippen LogP contribution >= 0.6 is 0 Å². The van der Waals surface area contributed by atoms with E-state index in [9.17, 15) is 4.79 Å². The number of fused-ring (bicyclic) bond motifs is 1. The smallest absolute Gasteiger partial charge is 0.226 e. The summed E-state index contributed by atoms with van der Waals surface area (Å²) < 4.78 is 6.00. The third-order valence-electron chi connectivity index (χ3n) is 6.00. The van der Waals surface area contributed by atoms with Crippen molar-refractivity contribution in [2.24, 2.45) is 5.92 Å². The molecule has 1 saturated heterocycles. The summed E-state index contributed by atoms with van der Waals surface area (Å²) in [6, 6.07) is 18.8. The van der Waals surface area contributed by atoms with Crippen LogP contribution in [0.15, 0.2) is 67.0 Å². The lowest BCUT2D eigenvalue weighted by Crippen LogP contribution is -2.31. The Morgan fingerprint density at radius 2 is 2.00 bits per heavy atom. The highest BCUT2D eigenvalue weighted by molar-refractivity contribution is 5.89. The number of pyridine rings is 1. The van der Waals surface area contributed by atoms with Crippen molar-refractivity contribution in [3.63, 3.8) is 0 Å². The van der Waals surface area contributed by atoms with E-state index in [1.54, 1.807) is 6.20 Å². The van der Waals surface area contributed by atoms with Gasteiger partial charge in [-0.25, -0.2) is 0 Å². The summed E-state index contributed by atoms with van der Waals surface area (Å²) in [7, 11) is 0. The Morgan fingerprint density at radius 1 is 1.11 bits per heavy atom. The number of carbonyl (C=O) groups excluding carboxylic acids is 1. The number of amides is 1. The maximum absolute atomic E-state index is 13.0. The monoisotopic (exact) mass is 372 g/mol. The SMILES string of the molecule is O=C([C@@H]1C[C@H]1c1cccc2ccccc12)N1CCC(OCc2cccnc2)C1. The molecular weight excluding hydrogens is 348 g/mol. The zero-order chi connectivity index (χ0) is 18.9. The summed E-state index contributed by atoms with van der Waals surface area (Å²) >= 11 is 0. The highest BCUT2D eigenvalue weighted by Gasteiger charge is 2.47. The molecule has 142 valence electrons. The average Bonchev–Trinajstić information content (AvgIpc) is 3.41. The van der Waals surface area contributed by atoms with E-state index in [1.807, 2.05) is 23.2 Å². The molecule has 5 rings (SSSR count). The van der Waals surface area contributed by atoms with Gasteiger partial charge in [0.2, 0.25) is 5.91 Å². The lowest BCUT2D eigenvalue weighted by atomic mass is 10.00. The van der Waals surface area contributed by atoms with Crippen molar-refractivity contribution in [2.45, 2.75) is 31.5 Å². The number of hydrogen-bond acceptors (Lipinski definition) is 3. The third kappa shape index (κ3) is 3.40. The van der Waals surface area contributed by atoms with Crippen molar-refractivity contribution in [2.75, 3.05) is 13.1 Å². The second-order valence-electron chi connectivity index (χ2n) is 7.88. The molecule has 2 aromatic carbocycles. The fraction of sp³-hybridized carbons (Fsp3) is 0.333. The van der Waals surface area contributed by atoms with Crippen LogP contribution in [0.2, 0.25) is 0 Å². The van der Waals surface area contributed by atoms with Gasteiger partial charge in [0, 0.05) is 31.4 Å². The zero-order valence-electron chi connectivity index (χ0n) is 15.8. The van der Waals surface area contributed by atoms with Crippen LogP contribution < -0.4 is 0 Å². The van der Waals surface area contributed by atoms with Crippen LogP contribution in [0.25, 0.3) is 10.8 Å². The molecule has 3 atom stereocenters. The molecule has 4 nitrogen and oxygen atoms in total. The number of rotatable bonds is 5. The van der Waals surface area contributed by atoms with Crippen LogP contribution in [-0.2, 0) is 16.1 Å². The molecule has 1 aromatic heterocycles. The Labute approximate surface area is 165 Å². The highest BCUT2D eigenvalue weighted by atomic mass is 16.5. The van der Waals surface area contributed by atoms with Gasteiger partial charge in [-0.3, -0.25) is 9.78 Å². The Hall–Kier alpha value is -2.72. The van der Waals surface area contributed by atoms with Gasteiger partial charge in [-0.1, -0.05) is 48.5 Å². The summed E-state index contributed by atoms with van der Waals surface area (Å²) in [6.07, 6.45) is 5.60. The predicted molar refractivity (Wildman–Crippen MR) is 109 cm³/mol. The van der Waals surface area contributed by atoms with Crippen molar-refractivity contribution < 1.29 is 9.53 Å². The molecule has 4 heteroatoms. The van der Waals surface area contributed by atoms with Gasteiger partial charge in [-0.2, -0.15) is 0 Å². The fourth-order valence-corrected chi connectivity index (χ4v) is 4.38. The Balaban J connectivity index is 1.20. The van der Waals surface area contributed by atoms with Crippen molar-refractivity contribution >= 4 is 16.7 Å². The number of carbonyl (C=O) groups is 1. The van der Waals surface area contributed by atoms with Crippen LogP contribution in [0.5, 0.6) is 0 Å². The Bertz CT molecular complexity index is 983. The molecule has 1 saturated carbocycles. The number of ether oxygens (including phenoxy) is 1. The normalized spacial score (nSPS) is 23.9. The van der Waals surface area contributed by atoms with E-state index >= 15 is 0 Å². The topological polar surface area (TPSA) is 42.4 Å². The molecule has 1 amide bonds. The molecule has 1 aliphatic heterocycles. The maximum Gasteiger partial charge on any atom is 0.226 e. The van der Waals surface area contributed by atoms with Gasteiger partial charge in [0.15, 0.2) is 0 Å². The second kappa shape index (κ2) is 7.36. The van der Waals surface area contributed by atoms with E-state index in [0.717, 1.165) is 24.9 Å². The van der Waals surface area contributed by atoms with Gasteiger partial charge in [0.25, 0.3) is 0 Å². The molecule has 2 fully saturated rings. The molecule has 2 heterocycles. The van der Waals surface area contributed by atoms with Crippen molar-refractivity contribution in [3.05, 3.63) is 78.1 Å². The first-order chi connectivity index (χ1) is 13.8. The molecule has 2 aliphatic rings. The third-order valence-corrected chi connectivity index (χ3v) is 6.00. The second-order valence-corrected chi connectivity index (χ2v) is 7.88. The fourth-order valence-electron chi connectivity index (χ4n) is 4.38. The molecule has 1 unspecified atom stereocenters. The average molecular weight is 372 g/mol. The minimum absolute atomic E-state index is 0.124. The number of hydrogen-bond donors (Lipinski definition) is 0. The van der Waals surface area contributed by atoms with E-state index in [4.69, 9.17) is 4.74 Å². The van der Waals surface area contributed by atoms with Crippen molar-refractivity contribution in [3.8, 4) is 0 Å². The van der Waals surface area contributed by atoms with Crippen LogP contribution in [0.3, 0.4) is 0 Å². The minimum atomic E-state index is 0.124. The Morgan fingerprint density at radius 3 is 2.89 bits per heavy atom. The van der Waals surface area contributed by atoms with Crippen LogP contribution in [0, 0.1) is 5.92 Å². The summed E-state index contributed by atoms with van der Waals surface area (Å²) in [5.74, 6) is 0.780. The van der Waals surface area contributed by atoms with Crippen LogP contribution in [0.4, 0.5) is 0 Å². The number of benzene rings is 2. The van der Waals surface area contributed by atoms with E-state index in [0.29, 0.717) is 25.0 Å². The van der Waals surface area contributed by atoms with Crippen LogP contribution in [0.1, 0.15) is 29.9 Å². The van der Waals surface area contributed by atoms with E-state index in [1.165, 1.54) is 16.3 Å². The van der Waals surface area contributed by atoms with Gasteiger partial charge in [-0.05, 0) is 46.7 Å². The lowest BCUT2D eigenvalue weighted by Gasteiger charge is -2.17. The first kappa shape index (κ1) is 17.4. The molecule has 0 bridgehead atoms. The predicted octanol–water partition coefficient (Wildman–Crippen LogP) is 4.16. The summed E-state index contributed by atoms with van der Waals surface area (Å²) in [6.45, 7) is 2.07. The molecule has 0 spiro atoms. The molecular formula is C24H24N2O2. The number of aromatic nitrogens is 1. The van der Waals surface area contributed by atoms with E-state index in [2.05, 4.69) is 47.4 Å². The van der Waals surface area contributed by atoms with Crippen molar-refractivity contribution in [1.29, 1.82) is 0 Å². The first-order valence-electron chi connectivity index (χ1n) is 10.1. The Kier molecular flexibility index (Phi) is 4.57. The van der Waals surface area contributed by atoms with Gasteiger partial charge in [0.1, 0.15) is 0 Å². The standard InChI is InChI=1S/C24H24N2O2/c27-24(26-12-10-19(15-26)28-16-17-5-4-11-25-14-17)23-13-22(23)21-9-3-7-18-6-1-2-8-20(18)21/h1-9,11,14,19,22-23H,10,12-13,15-16H2/t19?,22-,23+/m0/s1.